The van der Waals surface area contributed by atoms with E-state index in [0.29, 0.717) is 6.54 Å². The van der Waals surface area contributed by atoms with Gasteiger partial charge < -0.3 is 15.1 Å². The van der Waals surface area contributed by atoms with Crippen molar-refractivity contribution in [3.8, 4) is 0 Å². The first-order chi connectivity index (χ1) is 9.72. The zero-order chi connectivity index (χ0) is 13.9. The number of hydrogen-bond acceptors (Lipinski definition) is 3. The minimum Gasteiger partial charge on any atom is -0.362 e. The summed E-state index contributed by atoms with van der Waals surface area (Å²) in [6.45, 7) is 3.26. The van der Waals surface area contributed by atoms with E-state index in [9.17, 15) is 4.79 Å². The number of anilines is 1. The standard InChI is InChI=1S/C16H23N3O/c1-18-9-2-10-19(12-16(18)20)15-7-3-13(4-8-15)11-17-14-5-6-14/h3-4,7-8,14,17H,2,5-6,9-12H2,1H3. The van der Waals surface area contributed by atoms with E-state index < -0.39 is 0 Å². The van der Waals surface area contributed by atoms with Crippen LogP contribution in [0.1, 0.15) is 24.8 Å². The largest absolute Gasteiger partial charge is 0.362 e. The number of carbonyl (C=O) groups excluding carboxylic acids is 1. The van der Waals surface area contributed by atoms with Crippen LogP contribution in [-0.2, 0) is 11.3 Å². The van der Waals surface area contributed by atoms with E-state index in [0.717, 1.165) is 37.8 Å². The van der Waals surface area contributed by atoms with Crippen molar-refractivity contribution in [1.29, 1.82) is 0 Å². The van der Waals surface area contributed by atoms with Crippen LogP contribution in [0.5, 0.6) is 0 Å². The molecule has 20 heavy (non-hydrogen) atoms. The molecule has 1 aliphatic carbocycles. The normalized spacial score (nSPS) is 20.1. The molecule has 1 aromatic rings. The van der Waals surface area contributed by atoms with Gasteiger partial charge in [-0.25, -0.2) is 0 Å². The molecule has 4 heteroatoms. The lowest BCUT2D eigenvalue weighted by Crippen LogP contribution is -2.34. The third-order valence-corrected chi connectivity index (χ3v) is 4.15. The fraction of sp³-hybridized carbons (Fsp3) is 0.562. The minimum atomic E-state index is 0.210. The molecule has 0 aromatic heterocycles. The number of nitrogens with zero attached hydrogens (tertiary/aromatic N) is 2. The van der Waals surface area contributed by atoms with Crippen molar-refractivity contribution < 1.29 is 4.79 Å². The third kappa shape index (κ3) is 3.31. The highest BCUT2D eigenvalue weighted by Gasteiger charge is 2.20. The smallest absolute Gasteiger partial charge is 0.241 e. The lowest BCUT2D eigenvalue weighted by Gasteiger charge is -2.22. The van der Waals surface area contributed by atoms with Gasteiger partial charge in [0.15, 0.2) is 0 Å². The van der Waals surface area contributed by atoms with E-state index in [4.69, 9.17) is 0 Å². The Morgan fingerprint density at radius 1 is 1.20 bits per heavy atom. The summed E-state index contributed by atoms with van der Waals surface area (Å²) in [6.07, 6.45) is 3.68. The Kier molecular flexibility index (Phi) is 3.92. The van der Waals surface area contributed by atoms with E-state index in [1.807, 2.05) is 11.9 Å². The zero-order valence-electron chi connectivity index (χ0n) is 12.1. The summed E-state index contributed by atoms with van der Waals surface area (Å²) >= 11 is 0. The lowest BCUT2D eigenvalue weighted by molar-refractivity contribution is -0.127. The summed E-state index contributed by atoms with van der Waals surface area (Å²) in [5.41, 5.74) is 2.47. The quantitative estimate of drug-likeness (QED) is 0.905. The molecule has 2 aliphatic rings. The molecule has 1 amide bonds. The molecule has 0 radical (unpaired) electrons. The number of carbonyl (C=O) groups is 1. The molecule has 1 saturated heterocycles. The van der Waals surface area contributed by atoms with Gasteiger partial charge in [-0.05, 0) is 37.0 Å². The lowest BCUT2D eigenvalue weighted by atomic mass is 10.2. The highest BCUT2D eigenvalue weighted by atomic mass is 16.2. The summed E-state index contributed by atoms with van der Waals surface area (Å²) in [4.78, 5) is 15.9. The molecule has 1 N–H and O–H groups in total. The zero-order valence-corrected chi connectivity index (χ0v) is 12.1. The molecule has 108 valence electrons. The molecular weight excluding hydrogens is 250 g/mol. The first-order valence-electron chi connectivity index (χ1n) is 7.53. The van der Waals surface area contributed by atoms with Gasteiger partial charge in [-0.15, -0.1) is 0 Å². The van der Waals surface area contributed by atoms with E-state index in [-0.39, 0.29) is 5.91 Å². The van der Waals surface area contributed by atoms with E-state index in [1.165, 1.54) is 18.4 Å². The number of nitrogens with one attached hydrogen (secondary N) is 1. The summed E-state index contributed by atoms with van der Waals surface area (Å²) < 4.78 is 0. The predicted octanol–water partition coefficient (Wildman–Crippen LogP) is 1.61. The Morgan fingerprint density at radius 3 is 2.65 bits per heavy atom. The van der Waals surface area contributed by atoms with Crippen LogP contribution in [0.15, 0.2) is 24.3 Å². The molecule has 0 atom stereocenters. The van der Waals surface area contributed by atoms with Crippen molar-refractivity contribution >= 4 is 11.6 Å². The number of likely N-dealkylation sites (N-methyl/N-ethyl adjacent to an activating group) is 1. The van der Waals surface area contributed by atoms with Gasteiger partial charge in [-0.3, -0.25) is 4.79 Å². The second-order valence-electron chi connectivity index (χ2n) is 5.91. The summed E-state index contributed by atoms with van der Waals surface area (Å²) in [5.74, 6) is 0.210. The molecule has 0 spiro atoms. The number of amides is 1. The predicted molar refractivity (Wildman–Crippen MR) is 80.8 cm³/mol. The van der Waals surface area contributed by atoms with Gasteiger partial charge in [-0.2, -0.15) is 0 Å². The molecule has 0 bridgehead atoms. The number of benzene rings is 1. The highest BCUT2D eigenvalue weighted by molar-refractivity contribution is 5.81. The van der Waals surface area contributed by atoms with Crippen molar-refractivity contribution in [1.82, 2.24) is 10.2 Å². The summed E-state index contributed by atoms with van der Waals surface area (Å²) in [5, 5.41) is 3.52. The van der Waals surface area contributed by atoms with Gasteiger partial charge in [0.2, 0.25) is 5.91 Å². The van der Waals surface area contributed by atoms with Crippen LogP contribution in [0, 0.1) is 0 Å². The minimum absolute atomic E-state index is 0.210. The molecule has 4 nitrogen and oxygen atoms in total. The second-order valence-corrected chi connectivity index (χ2v) is 5.91. The van der Waals surface area contributed by atoms with Gasteiger partial charge in [0.25, 0.3) is 0 Å². The monoisotopic (exact) mass is 273 g/mol. The van der Waals surface area contributed by atoms with Crippen molar-refractivity contribution in [3.63, 3.8) is 0 Å². The molecule has 2 fully saturated rings. The van der Waals surface area contributed by atoms with Crippen LogP contribution in [-0.4, -0.2) is 43.5 Å². The first-order valence-corrected chi connectivity index (χ1v) is 7.53. The van der Waals surface area contributed by atoms with E-state index in [2.05, 4.69) is 34.5 Å². The molecule has 1 aromatic carbocycles. The Balaban J connectivity index is 1.62. The van der Waals surface area contributed by atoms with E-state index >= 15 is 0 Å². The third-order valence-electron chi connectivity index (χ3n) is 4.15. The fourth-order valence-corrected chi connectivity index (χ4v) is 2.58. The fourth-order valence-electron chi connectivity index (χ4n) is 2.58. The van der Waals surface area contributed by atoms with Crippen molar-refractivity contribution in [2.24, 2.45) is 0 Å². The average Bonchev–Trinajstić information content (AvgIpc) is 3.28. The molecule has 0 unspecified atom stereocenters. The number of rotatable bonds is 4. The summed E-state index contributed by atoms with van der Waals surface area (Å²) in [6, 6.07) is 9.37. The highest BCUT2D eigenvalue weighted by Crippen LogP contribution is 2.21. The van der Waals surface area contributed by atoms with Crippen LogP contribution < -0.4 is 10.2 Å². The molecule has 1 saturated carbocycles. The summed E-state index contributed by atoms with van der Waals surface area (Å²) in [7, 11) is 1.89. The Labute approximate surface area is 120 Å². The maximum Gasteiger partial charge on any atom is 0.241 e. The van der Waals surface area contributed by atoms with Gasteiger partial charge in [0.1, 0.15) is 0 Å². The Morgan fingerprint density at radius 2 is 1.95 bits per heavy atom. The molecule has 1 aliphatic heterocycles. The van der Waals surface area contributed by atoms with Crippen LogP contribution in [0.25, 0.3) is 0 Å². The Hall–Kier alpha value is -1.55. The van der Waals surface area contributed by atoms with Gasteiger partial charge in [-0.1, -0.05) is 12.1 Å². The first kappa shape index (κ1) is 13.4. The maximum absolute atomic E-state index is 11.9. The van der Waals surface area contributed by atoms with Crippen LogP contribution >= 0.6 is 0 Å². The van der Waals surface area contributed by atoms with E-state index in [1.54, 1.807) is 0 Å². The van der Waals surface area contributed by atoms with Crippen LogP contribution in [0.4, 0.5) is 5.69 Å². The maximum atomic E-state index is 11.9. The van der Waals surface area contributed by atoms with Crippen molar-refractivity contribution in [2.45, 2.75) is 31.8 Å². The van der Waals surface area contributed by atoms with Crippen LogP contribution in [0.2, 0.25) is 0 Å². The van der Waals surface area contributed by atoms with Crippen LogP contribution in [0.3, 0.4) is 0 Å². The van der Waals surface area contributed by atoms with Gasteiger partial charge in [0, 0.05) is 38.4 Å². The second kappa shape index (κ2) is 5.83. The SMILES string of the molecule is CN1CCCN(c2ccc(CNC3CC3)cc2)CC1=O. The van der Waals surface area contributed by atoms with Gasteiger partial charge >= 0.3 is 0 Å². The van der Waals surface area contributed by atoms with Gasteiger partial charge in [0.05, 0.1) is 6.54 Å². The number of hydrogen-bond donors (Lipinski definition) is 1. The molecular formula is C16H23N3O. The van der Waals surface area contributed by atoms with Crippen molar-refractivity contribution in [2.75, 3.05) is 31.6 Å². The molecule has 3 rings (SSSR count). The molecule has 1 heterocycles. The topological polar surface area (TPSA) is 35.6 Å². The van der Waals surface area contributed by atoms with Crippen molar-refractivity contribution in [3.05, 3.63) is 29.8 Å². The average molecular weight is 273 g/mol. The Bertz CT molecular complexity index is 467.